The van der Waals surface area contributed by atoms with Crippen molar-refractivity contribution in [3.05, 3.63) is 35.9 Å². The summed E-state index contributed by atoms with van der Waals surface area (Å²) >= 11 is 0. The number of piperazine rings is 1. The third-order valence-corrected chi connectivity index (χ3v) is 5.83. The highest BCUT2D eigenvalue weighted by molar-refractivity contribution is 5.88. The molecule has 3 rings (SSSR count). The predicted octanol–water partition coefficient (Wildman–Crippen LogP) is 3.74. The minimum Gasteiger partial charge on any atom is -0.465 e. The Hall–Kier alpha value is -2.04. The van der Waals surface area contributed by atoms with Crippen LogP contribution in [0.1, 0.15) is 51.5 Å². The molecule has 1 spiro atoms. The van der Waals surface area contributed by atoms with Crippen molar-refractivity contribution in [3.8, 4) is 0 Å². The van der Waals surface area contributed by atoms with E-state index < -0.39 is 12.1 Å². The maximum atomic E-state index is 13.2. The molecule has 5 heteroatoms. The lowest BCUT2D eigenvalue weighted by atomic mass is 9.97. The van der Waals surface area contributed by atoms with E-state index in [-0.39, 0.29) is 11.4 Å². The summed E-state index contributed by atoms with van der Waals surface area (Å²) < 4.78 is 0. The lowest BCUT2D eigenvalue weighted by molar-refractivity contribution is -0.148. The molecular weight excluding hydrogens is 316 g/mol. The van der Waals surface area contributed by atoms with Gasteiger partial charge < -0.3 is 10.0 Å². The van der Waals surface area contributed by atoms with Crippen molar-refractivity contribution in [3.63, 3.8) is 0 Å². The molecule has 0 aromatic heterocycles. The molecule has 1 saturated heterocycles. The highest BCUT2D eigenvalue weighted by Gasteiger charge is 2.63. The Morgan fingerprint density at radius 1 is 1.28 bits per heavy atom. The monoisotopic (exact) mass is 344 g/mol. The van der Waals surface area contributed by atoms with E-state index >= 15 is 0 Å². The van der Waals surface area contributed by atoms with Gasteiger partial charge in [-0.3, -0.25) is 9.69 Å². The normalized spacial score (nSPS) is 28.5. The second kappa shape index (κ2) is 7.06. The number of carbonyl (C=O) groups excluding carboxylic acids is 1. The van der Waals surface area contributed by atoms with E-state index in [4.69, 9.17) is 0 Å². The van der Waals surface area contributed by atoms with Crippen molar-refractivity contribution < 1.29 is 14.7 Å². The molecular formula is C20H28N2O3. The SMILES string of the molecule is CCCCC1CC12CN(C(=O)O)C(CC)C(=O)N2Cc1ccccc1. The van der Waals surface area contributed by atoms with Crippen LogP contribution in [0.5, 0.6) is 0 Å². The van der Waals surface area contributed by atoms with E-state index in [1.165, 1.54) is 4.90 Å². The first-order chi connectivity index (χ1) is 12.0. The second-order valence-corrected chi connectivity index (χ2v) is 7.39. The van der Waals surface area contributed by atoms with Crippen molar-refractivity contribution in [2.45, 2.75) is 64.1 Å². The lowest BCUT2D eigenvalue weighted by Crippen LogP contribution is -2.64. The van der Waals surface area contributed by atoms with Crippen LogP contribution in [-0.2, 0) is 11.3 Å². The van der Waals surface area contributed by atoms with E-state index in [1.807, 2.05) is 42.2 Å². The fourth-order valence-electron chi connectivity index (χ4n) is 4.33. The molecule has 3 atom stereocenters. The lowest BCUT2D eigenvalue weighted by Gasteiger charge is -2.46. The van der Waals surface area contributed by atoms with Gasteiger partial charge in [0.1, 0.15) is 6.04 Å². The quantitative estimate of drug-likeness (QED) is 0.855. The molecule has 1 saturated carbocycles. The summed E-state index contributed by atoms with van der Waals surface area (Å²) in [5, 5.41) is 9.61. The molecule has 1 N–H and O–H groups in total. The summed E-state index contributed by atoms with van der Waals surface area (Å²) in [6.07, 6.45) is 3.79. The molecule has 1 aromatic carbocycles. The van der Waals surface area contributed by atoms with Crippen molar-refractivity contribution in [1.29, 1.82) is 0 Å². The van der Waals surface area contributed by atoms with Crippen LogP contribution in [0.3, 0.4) is 0 Å². The molecule has 25 heavy (non-hydrogen) atoms. The summed E-state index contributed by atoms with van der Waals surface area (Å²) in [6.45, 7) is 5.08. The molecule has 136 valence electrons. The van der Waals surface area contributed by atoms with Gasteiger partial charge in [-0.25, -0.2) is 4.79 Å². The highest BCUT2D eigenvalue weighted by Crippen LogP contribution is 2.54. The van der Waals surface area contributed by atoms with Gasteiger partial charge in [-0.2, -0.15) is 0 Å². The molecule has 1 aromatic rings. The zero-order valence-corrected chi connectivity index (χ0v) is 15.1. The van der Waals surface area contributed by atoms with Gasteiger partial charge in [-0.15, -0.1) is 0 Å². The molecule has 2 fully saturated rings. The summed E-state index contributed by atoms with van der Waals surface area (Å²) in [6, 6.07) is 9.46. The molecule has 1 aliphatic heterocycles. The van der Waals surface area contributed by atoms with Gasteiger partial charge in [-0.1, -0.05) is 57.0 Å². The fraction of sp³-hybridized carbons (Fsp3) is 0.600. The molecule has 2 amide bonds. The maximum absolute atomic E-state index is 13.2. The number of nitrogens with zero attached hydrogens (tertiary/aromatic N) is 2. The first-order valence-electron chi connectivity index (χ1n) is 9.38. The smallest absolute Gasteiger partial charge is 0.408 e. The number of unbranched alkanes of at least 4 members (excludes halogenated alkanes) is 1. The van der Waals surface area contributed by atoms with Crippen LogP contribution in [-0.4, -0.2) is 45.0 Å². The van der Waals surface area contributed by atoms with Crippen LogP contribution in [0.4, 0.5) is 4.79 Å². The van der Waals surface area contributed by atoms with Crippen molar-refractivity contribution in [2.24, 2.45) is 5.92 Å². The third kappa shape index (κ3) is 3.24. The number of carbonyl (C=O) groups is 2. The minimum atomic E-state index is -0.972. The third-order valence-electron chi connectivity index (χ3n) is 5.83. The fourth-order valence-corrected chi connectivity index (χ4v) is 4.33. The Morgan fingerprint density at radius 3 is 2.60 bits per heavy atom. The molecule has 0 radical (unpaired) electrons. The Kier molecular flexibility index (Phi) is 5.02. The zero-order valence-electron chi connectivity index (χ0n) is 15.1. The molecule has 2 aliphatic rings. The summed E-state index contributed by atoms with van der Waals surface area (Å²) in [4.78, 5) is 28.3. The highest BCUT2D eigenvalue weighted by atomic mass is 16.4. The average molecular weight is 344 g/mol. The maximum Gasteiger partial charge on any atom is 0.408 e. The summed E-state index contributed by atoms with van der Waals surface area (Å²) in [5.74, 6) is 0.388. The van der Waals surface area contributed by atoms with Gasteiger partial charge in [0.15, 0.2) is 0 Å². The standard InChI is InChI=1S/C20H28N2O3/c1-3-5-11-16-12-20(16)14-21(19(24)25)17(4-2)18(23)22(20)13-15-9-7-6-8-10-15/h6-10,16-17H,3-5,11-14H2,1-2H3,(H,24,25). The number of hydrogen-bond acceptors (Lipinski definition) is 2. The largest absolute Gasteiger partial charge is 0.465 e. The molecule has 3 unspecified atom stereocenters. The zero-order chi connectivity index (χ0) is 18.0. The average Bonchev–Trinajstić information content (AvgIpc) is 3.30. The van der Waals surface area contributed by atoms with Crippen LogP contribution in [0.15, 0.2) is 30.3 Å². The van der Waals surface area contributed by atoms with Gasteiger partial charge in [0.05, 0.1) is 5.54 Å². The number of benzene rings is 1. The van der Waals surface area contributed by atoms with Gasteiger partial charge >= 0.3 is 6.09 Å². The number of carboxylic acid groups (broad SMARTS) is 1. The predicted molar refractivity (Wildman–Crippen MR) is 96.2 cm³/mol. The van der Waals surface area contributed by atoms with Gasteiger partial charge in [0.2, 0.25) is 5.91 Å². The van der Waals surface area contributed by atoms with Crippen molar-refractivity contribution in [2.75, 3.05) is 6.54 Å². The van der Waals surface area contributed by atoms with Crippen LogP contribution < -0.4 is 0 Å². The van der Waals surface area contributed by atoms with Gasteiger partial charge in [0.25, 0.3) is 0 Å². The van der Waals surface area contributed by atoms with E-state index in [0.29, 0.717) is 25.4 Å². The van der Waals surface area contributed by atoms with Crippen LogP contribution in [0.2, 0.25) is 0 Å². The Balaban J connectivity index is 1.88. The van der Waals surface area contributed by atoms with E-state index in [9.17, 15) is 14.7 Å². The Bertz CT molecular complexity index is 633. The van der Waals surface area contributed by atoms with E-state index in [0.717, 1.165) is 31.2 Å². The number of rotatable bonds is 6. The molecule has 1 aliphatic carbocycles. The molecule has 5 nitrogen and oxygen atoms in total. The minimum absolute atomic E-state index is 0.0287. The van der Waals surface area contributed by atoms with Crippen molar-refractivity contribution >= 4 is 12.0 Å². The van der Waals surface area contributed by atoms with E-state index in [1.54, 1.807) is 0 Å². The molecule has 1 heterocycles. The summed E-state index contributed by atoms with van der Waals surface area (Å²) in [5.41, 5.74) is 0.807. The van der Waals surface area contributed by atoms with Crippen LogP contribution in [0.25, 0.3) is 0 Å². The van der Waals surface area contributed by atoms with Crippen molar-refractivity contribution in [1.82, 2.24) is 9.80 Å². The summed E-state index contributed by atoms with van der Waals surface area (Å²) in [7, 11) is 0. The molecule has 0 bridgehead atoms. The van der Waals surface area contributed by atoms with Gasteiger partial charge in [0, 0.05) is 13.1 Å². The first kappa shape index (κ1) is 17.8. The Labute approximate surface area is 149 Å². The van der Waals surface area contributed by atoms with E-state index in [2.05, 4.69) is 6.92 Å². The number of hydrogen-bond donors (Lipinski definition) is 1. The Morgan fingerprint density at radius 2 is 2.00 bits per heavy atom. The topological polar surface area (TPSA) is 60.9 Å². The van der Waals surface area contributed by atoms with Gasteiger partial charge in [-0.05, 0) is 30.7 Å². The second-order valence-electron chi connectivity index (χ2n) is 7.39. The van der Waals surface area contributed by atoms with Crippen LogP contribution in [0, 0.1) is 5.92 Å². The first-order valence-corrected chi connectivity index (χ1v) is 9.38. The van der Waals surface area contributed by atoms with Crippen LogP contribution >= 0.6 is 0 Å². The number of amides is 2.